The van der Waals surface area contributed by atoms with Crippen molar-refractivity contribution >= 4 is 0 Å². The molecule has 0 nitrogen and oxygen atoms in total. The minimum Gasteiger partial charge on any atom is -0.0654 e. The first-order valence-electron chi connectivity index (χ1n) is 6.74. The fraction of sp³-hybridized carbons (Fsp3) is 1.00. The molecular formula is C14H28. The minimum absolute atomic E-state index is 0.997. The lowest BCUT2D eigenvalue weighted by Crippen LogP contribution is -2.21. The first-order valence-corrected chi connectivity index (χ1v) is 6.74. The molecule has 1 fully saturated rings. The summed E-state index contributed by atoms with van der Waals surface area (Å²) in [6.07, 6.45) is 11.8. The van der Waals surface area contributed by atoms with Crippen LogP contribution in [0.5, 0.6) is 0 Å². The van der Waals surface area contributed by atoms with Gasteiger partial charge >= 0.3 is 0 Å². The first-order chi connectivity index (χ1) is 6.74. The number of unbranched alkanes of at least 4 members (excludes halogenated alkanes) is 3. The van der Waals surface area contributed by atoms with E-state index in [1.54, 1.807) is 0 Å². The van der Waals surface area contributed by atoms with Crippen LogP contribution in [0.1, 0.15) is 72.1 Å². The monoisotopic (exact) mass is 196 g/mol. The second-order valence-electron chi connectivity index (χ2n) is 5.50. The molecular weight excluding hydrogens is 168 g/mol. The lowest BCUT2D eigenvalue weighted by molar-refractivity contribution is 0.190. The summed E-state index contributed by atoms with van der Waals surface area (Å²) in [7, 11) is 0. The molecule has 0 bridgehead atoms. The molecule has 0 aromatic carbocycles. The van der Waals surface area contributed by atoms with Crippen LogP contribution in [0.15, 0.2) is 0 Å². The Labute approximate surface area is 90.5 Å². The molecule has 0 heterocycles. The lowest BCUT2D eigenvalue weighted by Gasteiger charge is -2.32. The molecule has 84 valence electrons. The summed E-state index contributed by atoms with van der Waals surface area (Å²) in [4.78, 5) is 0. The van der Waals surface area contributed by atoms with E-state index in [1.165, 1.54) is 51.4 Å². The second-order valence-corrected chi connectivity index (χ2v) is 5.50. The Morgan fingerprint density at radius 2 is 1.79 bits per heavy atom. The fourth-order valence-corrected chi connectivity index (χ4v) is 2.99. The van der Waals surface area contributed by atoms with Gasteiger partial charge in [0, 0.05) is 0 Å². The number of hydrogen-bond donors (Lipinski definition) is 0. The van der Waals surface area contributed by atoms with Crippen LogP contribution < -0.4 is 0 Å². The van der Waals surface area contributed by atoms with Gasteiger partial charge < -0.3 is 0 Å². The minimum atomic E-state index is 0.997. The van der Waals surface area contributed by atoms with Crippen molar-refractivity contribution in [2.24, 2.45) is 17.8 Å². The Morgan fingerprint density at radius 1 is 1.00 bits per heavy atom. The van der Waals surface area contributed by atoms with Crippen molar-refractivity contribution in [2.75, 3.05) is 0 Å². The summed E-state index contributed by atoms with van der Waals surface area (Å²) < 4.78 is 0. The van der Waals surface area contributed by atoms with Gasteiger partial charge in [0.15, 0.2) is 0 Å². The third-order valence-corrected chi connectivity index (χ3v) is 4.04. The number of hydrogen-bond acceptors (Lipinski definition) is 0. The molecule has 0 N–H and O–H groups in total. The molecule has 3 atom stereocenters. The molecule has 0 aromatic heterocycles. The summed E-state index contributed by atoms with van der Waals surface area (Å²) in [6, 6.07) is 0. The summed E-state index contributed by atoms with van der Waals surface area (Å²) in [5.41, 5.74) is 0. The van der Waals surface area contributed by atoms with Crippen molar-refractivity contribution < 1.29 is 0 Å². The first kappa shape index (κ1) is 12.1. The van der Waals surface area contributed by atoms with Crippen molar-refractivity contribution in [1.82, 2.24) is 0 Å². The zero-order valence-corrected chi connectivity index (χ0v) is 10.4. The molecule has 0 amide bonds. The third-order valence-electron chi connectivity index (χ3n) is 4.04. The summed E-state index contributed by atoms with van der Waals surface area (Å²) >= 11 is 0. The largest absolute Gasteiger partial charge is 0.0654 e. The van der Waals surface area contributed by atoms with E-state index in [0.717, 1.165) is 17.8 Å². The normalized spacial score (nSPS) is 33.2. The van der Waals surface area contributed by atoms with E-state index < -0.39 is 0 Å². The van der Waals surface area contributed by atoms with Gasteiger partial charge in [-0.3, -0.25) is 0 Å². The van der Waals surface area contributed by atoms with Crippen molar-refractivity contribution in [2.45, 2.75) is 72.1 Å². The van der Waals surface area contributed by atoms with Gasteiger partial charge in [0.1, 0.15) is 0 Å². The molecule has 1 aliphatic rings. The van der Waals surface area contributed by atoms with Crippen molar-refractivity contribution in [3.63, 3.8) is 0 Å². The summed E-state index contributed by atoms with van der Waals surface area (Å²) in [5, 5.41) is 0. The van der Waals surface area contributed by atoms with Crippen LogP contribution in [0.25, 0.3) is 0 Å². The van der Waals surface area contributed by atoms with Gasteiger partial charge in [-0.1, -0.05) is 59.3 Å². The average Bonchev–Trinajstić information content (AvgIpc) is 2.15. The second kappa shape index (κ2) is 6.48. The van der Waals surface area contributed by atoms with Gasteiger partial charge in [0.05, 0.1) is 0 Å². The topological polar surface area (TPSA) is 0 Å². The summed E-state index contributed by atoms with van der Waals surface area (Å²) in [5.74, 6) is 3.06. The quantitative estimate of drug-likeness (QED) is 0.541. The lowest BCUT2D eigenvalue weighted by atomic mass is 9.73. The fourth-order valence-electron chi connectivity index (χ4n) is 2.99. The van der Waals surface area contributed by atoms with Crippen molar-refractivity contribution in [3.05, 3.63) is 0 Å². The highest BCUT2D eigenvalue weighted by Gasteiger charge is 2.24. The number of rotatable bonds is 5. The Bertz CT molecular complexity index is 139. The molecule has 0 saturated heterocycles. The van der Waals surface area contributed by atoms with E-state index in [4.69, 9.17) is 0 Å². The molecule has 3 unspecified atom stereocenters. The van der Waals surface area contributed by atoms with Crippen LogP contribution in [0.3, 0.4) is 0 Å². The highest BCUT2D eigenvalue weighted by molar-refractivity contribution is 4.75. The van der Waals surface area contributed by atoms with Crippen LogP contribution in [0.2, 0.25) is 0 Å². The zero-order chi connectivity index (χ0) is 10.4. The van der Waals surface area contributed by atoms with Gasteiger partial charge in [-0.05, 0) is 30.6 Å². The van der Waals surface area contributed by atoms with Gasteiger partial charge in [-0.2, -0.15) is 0 Å². The van der Waals surface area contributed by atoms with Crippen LogP contribution in [-0.2, 0) is 0 Å². The maximum atomic E-state index is 2.47. The van der Waals surface area contributed by atoms with Gasteiger partial charge in [-0.15, -0.1) is 0 Å². The Balaban J connectivity index is 2.11. The molecule has 14 heavy (non-hydrogen) atoms. The van der Waals surface area contributed by atoms with Crippen LogP contribution in [0, 0.1) is 17.8 Å². The van der Waals surface area contributed by atoms with Crippen molar-refractivity contribution in [1.29, 1.82) is 0 Å². The molecule has 0 aromatic rings. The van der Waals surface area contributed by atoms with Crippen molar-refractivity contribution in [3.8, 4) is 0 Å². The Morgan fingerprint density at radius 3 is 2.43 bits per heavy atom. The molecule has 1 rings (SSSR count). The van der Waals surface area contributed by atoms with Crippen LogP contribution in [0.4, 0.5) is 0 Å². The highest BCUT2D eigenvalue weighted by Crippen LogP contribution is 2.36. The predicted molar refractivity (Wildman–Crippen MR) is 64.4 cm³/mol. The van der Waals surface area contributed by atoms with E-state index in [9.17, 15) is 0 Å². The Hall–Kier alpha value is 0. The molecule has 1 aliphatic carbocycles. The molecule has 0 heteroatoms. The zero-order valence-electron chi connectivity index (χ0n) is 10.4. The molecule has 0 spiro atoms. The van der Waals surface area contributed by atoms with Gasteiger partial charge in [0.25, 0.3) is 0 Å². The van der Waals surface area contributed by atoms with Gasteiger partial charge in [0.2, 0.25) is 0 Å². The maximum Gasteiger partial charge on any atom is -0.0388 e. The van der Waals surface area contributed by atoms with E-state index in [-0.39, 0.29) is 0 Å². The predicted octanol–water partition coefficient (Wildman–Crippen LogP) is 5.03. The van der Waals surface area contributed by atoms with Crippen LogP contribution in [-0.4, -0.2) is 0 Å². The highest BCUT2D eigenvalue weighted by atomic mass is 14.3. The van der Waals surface area contributed by atoms with E-state index in [0.29, 0.717) is 0 Å². The smallest absolute Gasteiger partial charge is 0.0388 e. The standard InChI is InChI=1S/C14H28/c1-4-5-6-7-8-14-10-9-12(2)11-13(14)3/h12-14H,4-11H2,1-3H3. The SMILES string of the molecule is CCCCCCC1CCC(C)CC1C. The molecule has 1 saturated carbocycles. The van der Waals surface area contributed by atoms with E-state index in [1.807, 2.05) is 0 Å². The average molecular weight is 196 g/mol. The van der Waals surface area contributed by atoms with Gasteiger partial charge in [-0.25, -0.2) is 0 Å². The third kappa shape index (κ3) is 4.02. The summed E-state index contributed by atoms with van der Waals surface area (Å²) in [6.45, 7) is 7.19. The molecule has 0 radical (unpaired) electrons. The van der Waals surface area contributed by atoms with E-state index >= 15 is 0 Å². The maximum absolute atomic E-state index is 2.47. The van der Waals surface area contributed by atoms with Crippen LogP contribution >= 0.6 is 0 Å². The van der Waals surface area contributed by atoms with E-state index in [2.05, 4.69) is 20.8 Å². The Kier molecular flexibility index (Phi) is 5.59. The molecule has 0 aliphatic heterocycles.